The van der Waals surface area contributed by atoms with Gasteiger partial charge < -0.3 is 24.8 Å². The third-order valence-corrected chi connectivity index (χ3v) is 13.5. The van der Waals surface area contributed by atoms with Crippen molar-refractivity contribution in [2.24, 2.45) is 50.7 Å². The minimum absolute atomic E-state index is 0.0645. The van der Waals surface area contributed by atoms with Gasteiger partial charge in [-0.1, -0.05) is 32.9 Å². The van der Waals surface area contributed by atoms with Crippen LogP contribution in [0.1, 0.15) is 107 Å². The van der Waals surface area contributed by atoms with E-state index in [-0.39, 0.29) is 22.2 Å². The standard InChI is InChI=1S/C34H52O8/c1-19(10-9-13-29(4,5)40)22-11-14-31(7)26-24(41-20(2)35)25(42-21(3)36)27-32(8,28(38)39)23(37)12-15-33(27)18-34(26,33)17-16-30(22,31)6/h9,13,19,22-27,37,40H,10-12,14-18H2,1-8H3,(H,38,39)/b13-9+/t19-,22-,23-,24+,25-,26+,27-,30+,31-,32+,33-,34+/m0/s1. The Morgan fingerprint density at radius 3 is 2.02 bits per heavy atom. The molecule has 8 heteroatoms. The molecule has 12 atom stereocenters. The topological polar surface area (TPSA) is 130 Å². The summed E-state index contributed by atoms with van der Waals surface area (Å²) >= 11 is 0. The molecule has 5 fully saturated rings. The van der Waals surface area contributed by atoms with E-state index in [1.807, 2.05) is 6.08 Å². The molecule has 0 bridgehead atoms. The van der Waals surface area contributed by atoms with Crippen LogP contribution in [0, 0.1) is 50.7 Å². The van der Waals surface area contributed by atoms with Crippen LogP contribution >= 0.6 is 0 Å². The van der Waals surface area contributed by atoms with Crippen LogP contribution in [-0.2, 0) is 23.9 Å². The van der Waals surface area contributed by atoms with E-state index in [9.17, 15) is 29.7 Å². The van der Waals surface area contributed by atoms with Gasteiger partial charge in [-0.2, -0.15) is 0 Å². The number of carboxylic acids is 1. The minimum Gasteiger partial charge on any atom is -0.481 e. The first kappa shape index (κ1) is 31.5. The van der Waals surface area contributed by atoms with Gasteiger partial charge in [0.15, 0.2) is 0 Å². The van der Waals surface area contributed by atoms with Crippen molar-refractivity contribution in [2.75, 3.05) is 0 Å². The number of aliphatic hydroxyl groups is 2. The Balaban J connectivity index is 1.61. The lowest BCUT2D eigenvalue weighted by Crippen LogP contribution is -2.69. The molecule has 0 heterocycles. The van der Waals surface area contributed by atoms with E-state index >= 15 is 0 Å². The molecule has 5 aliphatic rings. The number of carbonyl (C=O) groups is 3. The first-order chi connectivity index (χ1) is 19.3. The van der Waals surface area contributed by atoms with Crippen molar-refractivity contribution in [1.29, 1.82) is 0 Å². The van der Waals surface area contributed by atoms with Gasteiger partial charge >= 0.3 is 17.9 Å². The van der Waals surface area contributed by atoms with Crippen LogP contribution < -0.4 is 0 Å². The first-order valence-corrected chi connectivity index (χ1v) is 16.0. The molecule has 5 saturated carbocycles. The zero-order valence-corrected chi connectivity index (χ0v) is 26.7. The smallest absolute Gasteiger partial charge is 0.312 e. The van der Waals surface area contributed by atoms with E-state index < -0.39 is 58.6 Å². The van der Waals surface area contributed by atoms with Gasteiger partial charge in [0, 0.05) is 25.7 Å². The molecular weight excluding hydrogens is 536 g/mol. The maximum absolute atomic E-state index is 13.0. The lowest BCUT2D eigenvalue weighted by atomic mass is 9.40. The maximum Gasteiger partial charge on any atom is 0.312 e. The monoisotopic (exact) mass is 588 g/mol. The Hall–Kier alpha value is -1.93. The van der Waals surface area contributed by atoms with Gasteiger partial charge in [0.2, 0.25) is 0 Å². The fourth-order valence-electron chi connectivity index (χ4n) is 11.7. The summed E-state index contributed by atoms with van der Waals surface area (Å²) in [7, 11) is 0. The molecule has 8 nitrogen and oxygen atoms in total. The number of aliphatic carboxylic acids is 1. The number of hydrogen-bond donors (Lipinski definition) is 3. The summed E-state index contributed by atoms with van der Waals surface area (Å²) in [4.78, 5) is 38.3. The van der Waals surface area contributed by atoms with Gasteiger partial charge in [0.1, 0.15) is 12.2 Å². The van der Waals surface area contributed by atoms with E-state index in [2.05, 4.69) is 26.8 Å². The Morgan fingerprint density at radius 2 is 1.48 bits per heavy atom. The highest BCUT2D eigenvalue weighted by molar-refractivity contribution is 5.77. The average molecular weight is 589 g/mol. The largest absolute Gasteiger partial charge is 0.481 e. The van der Waals surface area contributed by atoms with E-state index in [1.165, 1.54) is 13.8 Å². The van der Waals surface area contributed by atoms with E-state index in [0.717, 1.165) is 38.5 Å². The van der Waals surface area contributed by atoms with Crippen molar-refractivity contribution in [3.05, 3.63) is 12.2 Å². The molecule has 5 aliphatic carbocycles. The fourth-order valence-corrected chi connectivity index (χ4v) is 11.7. The Morgan fingerprint density at radius 1 is 0.905 bits per heavy atom. The highest BCUT2D eigenvalue weighted by atomic mass is 16.6. The zero-order valence-electron chi connectivity index (χ0n) is 26.7. The lowest BCUT2D eigenvalue weighted by molar-refractivity contribution is -0.259. The summed E-state index contributed by atoms with van der Waals surface area (Å²) < 4.78 is 12.3. The number of hydrogen-bond acceptors (Lipinski definition) is 7. The van der Waals surface area contributed by atoms with Crippen LogP contribution in [0.4, 0.5) is 0 Å². The van der Waals surface area contributed by atoms with Crippen molar-refractivity contribution in [3.63, 3.8) is 0 Å². The zero-order chi connectivity index (χ0) is 31.3. The molecule has 2 spiro atoms. The van der Waals surface area contributed by atoms with Crippen molar-refractivity contribution in [3.8, 4) is 0 Å². The van der Waals surface area contributed by atoms with Crippen LogP contribution in [0.15, 0.2) is 12.2 Å². The van der Waals surface area contributed by atoms with Crippen LogP contribution in [0.3, 0.4) is 0 Å². The lowest BCUT2D eigenvalue weighted by Gasteiger charge is -2.65. The van der Waals surface area contributed by atoms with Gasteiger partial charge in [-0.3, -0.25) is 14.4 Å². The predicted octanol–water partition coefficient (Wildman–Crippen LogP) is 5.29. The Bertz CT molecular complexity index is 1170. The van der Waals surface area contributed by atoms with E-state index in [0.29, 0.717) is 24.7 Å². The van der Waals surface area contributed by atoms with Gasteiger partial charge in [0.05, 0.1) is 17.1 Å². The second-order valence-corrected chi connectivity index (χ2v) is 16.0. The molecule has 3 N–H and O–H groups in total. The molecule has 0 unspecified atom stereocenters. The van der Waals surface area contributed by atoms with Gasteiger partial charge in [0.25, 0.3) is 0 Å². The van der Waals surface area contributed by atoms with Crippen LogP contribution in [0.2, 0.25) is 0 Å². The average Bonchev–Trinajstić information content (AvgIpc) is 3.40. The minimum atomic E-state index is -1.54. The van der Waals surface area contributed by atoms with Crippen molar-refractivity contribution in [2.45, 2.75) is 131 Å². The predicted molar refractivity (Wildman–Crippen MR) is 156 cm³/mol. The maximum atomic E-state index is 13.0. The van der Waals surface area contributed by atoms with E-state index in [1.54, 1.807) is 20.8 Å². The van der Waals surface area contributed by atoms with E-state index in [4.69, 9.17) is 9.47 Å². The molecule has 42 heavy (non-hydrogen) atoms. The number of esters is 2. The molecule has 0 amide bonds. The van der Waals surface area contributed by atoms with Gasteiger partial charge in [-0.05, 0) is 106 Å². The molecule has 236 valence electrons. The van der Waals surface area contributed by atoms with Crippen molar-refractivity contribution >= 4 is 17.9 Å². The summed E-state index contributed by atoms with van der Waals surface area (Å²) in [6, 6.07) is 0. The van der Waals surface area contributed by atoms with Gasteiger partial charge in [-0.15, -0.1) is 0 Å². The number of allylic oxidation sites excluding steroid dienone is 1. The quantitative estimate of drug-likeness (QED) is 0.270. The second-order valence-electron chi connectivity index (χ2n) is 16.0. The molecule has 0 radical (unpaired) electrons. The molecule has 5 rings (SSSR count). The third kappa shape index (κ3) is 4.17. The Kier molecular flexibility index (Phi) is 7.34. The first-order valence-electron chi connectivity index (χ1n) is 16.0. The number of carbonyl (C=O) groups excluding carboxylic acids is 2. The SMILES string of the molecule is CC(=O)O[C@@H]1[C@H](OC(C)=O)[C@H]2[C@](C)(C(=O)O)[C@@H](O)CC[C@]23C[C@@]32CC[C@]3(C)[C@H]([C@@H](C)C/C=C/C(C)(C)O)CC[C@@]3(C)[C@@H]12. The van der Waals surface area contributed by atoms with Crippen LogP contribution in [0.25, 0.3) is 0 Å². The summed E-state index contributed by atoms with van der Waals surface area (Å²) in [5.41, 5.74) is -3.32. The molecular formula is C34H52O8. The van der Waals surface area contributed by atoms with Crippen LogP contribution in [0.5, 0.6) is 0 Å². The molecule has 0 aromatic rings. The molecule has 0 aromatic carbocycles. The highest BCUT2D eigenvalue weighted by Gasteiger charge is 2.88. The molecule has 0 saturated heterocycles. The number of aliphatic hydroxyl groups excluding tert-OH is 1. The number of carboxylic acid groups (broad SMARTS) is 1. The second kappa shape index (κ2) is 9.79. The normalized spacial score (nSPS) is 48.3. The number of ether oxygens (including phenoxy) is 2. The number of rotatable bonds is 7. The van der Waals surface area contributed by atoms with Gasteiger partial charge in [-0.25, -0.2) is 0 Å². The van der Waals surface area contributed by atoms with Crippen LogP contribution in [-0.4, -0.2) is 57.1 Å². The number of fused-ring (bicyclic) bond motifs is 2. The third-order valence-electron chi connectivity index (χ3n) is 13.5. The summed E-state index contributed by atoms with van der Waals surface area (Å²) in [5, 5.41) is 32.0. The Labute approximate surface area is 250 Å². The van der Waals surface area contributed by atoms with Crippen molar-refractivity contribution in [1.82, 2.24) is 0 Å². The molecule has 0 aromatic heterocycles. The van der Waals surface area contributed by atoms with Crippen molar-refractivity contribution < 1.29 is 39.2 Å². The molecule has 0 aliphatic heterocycles. The fraction of sp³-hybridized carbons (Fsp3) is 0.853. The highest BCUT2D eigenvalue weighted by Crippen LogP contribution is 2.89. The summed E-state index contributed by atoms with van der Waals surface area (Å²) in [5.74, 6) is -2.05. The summed E-state index contributed by atoms with van der Waals surface area (Å²) in [6.07, 6.45) is 7.74. The summed E-state index contributed by atoms with van der Waals surface area (Å²) in [6.45, 7) is 14.9.